The predicted octanol–water partition coefficient (Wildman–Crippen LogP) is 2.95. The van der Waals surface area contributed by atoms with Gasteiger partial charge in [-0.15, -0.1) is 0 Å². The SMILES string of the molecule is [Li][CH2]CCCCOC(C)(C)CC. The molecule has 0 aliphatic rings. The molecule has 0 atom stereocenters. The molecule has 68 valence electrons. The normalized spacial score (nSPS) is 12.1. The minimum atomic E-state index is 0.0895. The summed E-state index contributed by atoms with van der Waals surface area (Å²) in [5, 5.41) is 1.30. The van der Waals surface area contributed by atoms with Crippen LogP contribution >= 0.6 is 0 Å². The molecule has 0 aromatic heterocycles. The van der Waals surface area contributed by atoms with Gasteiger partial charge in [0.05, 0.1) is 0 Å². The summed E-state index contributed by atoms with van der Waals surface area (Å²) < 4.78 is 5.73. The second-order valence-electron chi connectivity index (χ2n) is 4.02. The molecule has 2 heteroatoms. The van der Waals surface area contributed by atoms with Gasteiger partial charge in [0.1, 0.15) is 0 Å². The summed E-state index contributed by atoms with van der Waals surface area (Å²) in [6, 6.07) is 0. The molecule has 0 N–H and O–H groups in total. The van der Waals surface area contributed by atoms with Gasteiger partial charge in [0.15, 0.2) is 0 Å². The van der Waals surface area contributed by atoms with E-state index in [9.17, 15) is 0 Å². The van der Waals surface area contributed by atoms with Crippen molar-refractivity contribution < 1.29 is 4.74 Å². The molecule has 0 bridgehead atoms. The van der Waals surface area contributed by atoms with Crippen molar-refractivity contribution in [2.75, 3.05) is 6.61 Å². The van der Waals surface area contributed by atoms with Crippen molar-refractivity contribution in [2.24, 2.45) is 0 Å². The van der Waals surface area contributed by atoms with Gasteiger partial charge in [-0.25, -0.2) is 0 Å². The summed E-state index contributed by atoms with van der Waals surface area (Å²) in [6.07, 6.45) is 4.98. The Morgan fingerprint density at radius 1 is 1.17 bits per heavy atom. The fraction of sp³-hybridized carbons (Fsp3) is 1.00. The maximum absolute atomic E-state index is 5.73. The molecule has 0 fully saturated rings. The van der Waals surface area contributed by atoms with Crippen LogP contribution in [0.3, 0.4) is 0 Å². The zero-order valence-corrected chi connectivity index (χ0v) is 9.15. The zero-order chi connectivity index (χ0) is 9.45. The average molecular weight is 164 g/mol. The molecular weight excluding hydrogens is 143 g/mol. The van der Waals surface area contributed by atoms with E-state index in [0.29, 0.717) is 0 Å². The molecule has 0 heterocycles. The third-order valence-corrected chi connectivity index (χ3v) is 2.34. The van der Waals surface area contributed by atoms with Crippen LogP contribution < -0.4 is 0 Å². The van der Waals surface area contributed by atoms with Crippen LogP contribution in [0.2, 0.25) is 5.09 Å². The first-order chi connectivity index (χ1) is 5.62. The zero-order valence-electron chi connectivity index (χ0n) is 9.15. The Kier molecular flexibility index (Phi) is 7.33. The molecule has 0 aromatic carbocycles. The molecular formula is C10H21LiO. The number of ether oxygens (including phenoxy) is 1. The van der Waals surface area contributed by atoms with Crippen LogP contribution in [0.4, 0.5) is 0 Å². The van der Waals surface area contributed by atoms with Crippen LogP contribution in [0.5, 0.6) is 0 Å². The molecule has 0 rings (SSSR count). The Morgan fingerprint density at radius 3 is 2.33 bits per heavy atom. The van der Waals surface area contributed by atoms with Crippen LogP contribution in [-0.2, 0) is 4.74 Å². The molecule has 0 saturated heterocycles. The van der Waals surface area contributed by atoms with E-state index in [4.69, 9.17) is 4.74 Å². The van der Waals surface area contributed by atoms with Gasteiger partial charge in [-0.05, 0) is 0 Å². The van der Waals surface area contributed by atoms with Gasteiger partial charge in [0.2, 0.25) is 0 Å². The summed E-state index contributed by atoms with van der Waals surface area (Å²) >= 11 is 2.23. The van der Waals surface area contributed by atoms with Crippen molar-refractivity contribution in [1.82, 2.24) is 0 Å². The van der Waals surface area contributed by atoms with Crippen LogP contribution in [-0.4, -0.2) is 29.9 Å². The van der Waals surface area contributed by atoms with Gasteiger partial charge < -0.3 is 0 Å². The first-order valence-electron chi connectivity index (χ1n) is 5.26. The van der Waals surface area contributed by atoms with Gasteiger partial charge in [-0.2, -0.15) is 0 Å². The number of hydrogen-bond donors (Lipinski definition) is 0. The van der Waals surface area contributed by atoms with E-state index in [1.165, 1.54) is 24.4 Å². The summed E-state index contributed by atoms with van der Waals surface area (Å²) in [5.41, 5.74) is 0.0895. The first kappa shape index (κ1) is 12.6. The standard InChI is InChI=1S/C10H21O.Li/c1-5-7-8-9-11-10(3,4)6-2;/h1,5-9H2,2-4H3;. The van der Waals surface area contributed by atoms with Crippen LogP contribution in [0.15, 0.2) is 0 Å². The van der Waals surface area contributed by atoms with Crippen molar-refractivity contribution in [3.8, 4) is 0 Å². The van der Waals surface area contributed by atoms with E-state index in [0.717, 1.165) is 13.0 Å². The minimum absolute atomic E-state index is 0.0895. The van der Waals surface area contributed by atoms with E-state index >= 15 is 0 Å². The summed E-state index contributed by atoms with van der Waals surface area (Å²) in [4.78, 5) is 0. The van der Waals surface area contributed by atoms with E-state index in [2.05, 4.69) is 38.5 Å². The van der Waals surface area contributed by atoms with Crippen LogP contribution in [0.25, 0.3) is 0 Å². The predicted molar refractivity (Wildman–Crippen MR) is 54.7 cm³/mol. The van der Waals surface area contributed by atoms with E-state index < -0.39 is 0 Å². The Hall–Kier alpha value is 0.557. The fourth-order valence-electron chi connectivity index (χ4n) is 0.979. The molecule has 0 unspecified atom stereocenters. The van der Waals surface area contributed by atoms with Crippen molar-refractivity contribution in [3.63, 3.8) is 0 Å². The van der Waals surface area contributed by atoms with E-state index in [1.54, 1.807) is 0 Å². The third kappa shape index (κ3) is 7.22. The molecule has 0 aliphatic carbocycles. The van der Waals surface area contributed by atoms with Gasteiger partial charge in [-0.3, -0.25) is 0 Å². The molecule has 1 nitrogen and oxygen atoms in total. The third-order valence-electron chi connectivity index (χ3n) is 2.34. The molecule has 0 radical (unpaired) electrons. The van der Waals surface area contributed by atoms with E-state index in [1.807, 2.05) is 0 Å². The maximum atomic E-state index is 5.73. The van der Waals surface area contributed by atoms with Crippen LogP contribution in [0, 0.1) is 0 Å². The van der Waals surface area contributed by atoms with Gasteiger partial charge in [0.25, 0.3) is 0 Å². The molecule has 0 amide bonds. The van der Waals surface area contributed by atoms with E-state index in [-0.39, 0.29) is 5.60 Å². The molecule has 0 saturated carbocycles. The number of rotatable bonds is 7. The first-order valence-corrected chi connectivity index (χ1v) is 5.26. The van der Waals surface area contributed by atoms with Crippen molar-refractivity contribution in [1.29, 1.82) is 0 Å². The van der Waals surface area contributed by atoms with Crippen molar-refractivity contribution >= 4 is 17.7 Å². The summed E-state index contributed by atoms with van der Waals surface area (Å²) in [5.74, 6) is 0. The van der Waals surface area contributed by atoms with Gasteiger partial charge in [0, 0.05) is 0 Å². The second kappa shape index (κ2) is 7.01. The Bertz CT molecular complexity index is 102. The van der Waals surface area contributed by atoms with Crippen molar-refractivity contribution in [2.45, 2.75) is 57.1 Å². The van der Waals surface area contributed by atoms with Crippen LogP contribution in [0.1, 0.15) is 46.5 Å². The average Bonchev–Trinajstić information content (AvgIpc) is 2.04. The monoisotopic (exact) mass is 164 g/mol. The summed E-state index contributed by atoms with van der Waals surface area (Å²) in [7, 11) is 0. The number of unbranched alkanes of at least 4 members (excludes halogenated alkanes) is 2. The molecule has 0 aliphatic heterocycles. The van der Waals surface area contributed by atoms with Gasteiger partial charge >= 0.3 is 86.2 Å². The Morgan fingerprint density at radius 2 is 1.83 bits per heavy atom. The number of hydrogen-bond acceptors (Lipinski definition) is 1. The Labute approximate surface area is 86.5 Å². The quantitative estimate of drug-likeness (QED) is 0.415. The fourth-order valence-corrected chi connectivity index (χ4v) is 0.979. The van der Waals surface area contributed by atoms with Gasteiger partial charge in [-0.1, -0.05) is 0 Å². The molecule has 12 heavy (non-hydrogen) atoms. The molecule has 0 spiro atoms. The van der Waals surface area contributed by atoms with Crippen molar-refractivity contribution in [3.05, 3.63) is 0 Å². The second-order valence-corrected chi connectivity index (χ2v) is 4.02. The molecule has 0 aromatic rings. The Balaban J connectivity index is 3.19. The summed E-state index contributed by atoms with van der Waals surface area (Å²) in [6.45, 7) is 7.42. The topological polar surface area (TPSA) is 9.23 Å².